The summed E-state index contributed by atoms with van der Waals surface area (Å²) in [5, 5.41) is 18.8. The number of carboxylic acids is 1. The lowest BCUT2D eigenvalue weighted by Crippen LogP contribution is -2.42. The van der Waals surface area contributed by atoms with Gasteiger partial charge in [0.25, 0.3) is 5.91 Å². The molecule has 4 rings (SSSR count). The number of aromatic amines is 1. The zero-order chi connectivity index (χ0) is 27.2. The molecule has 4 aromatic rings. The maximum absolute atomic E-state index is 13.4. The number of carbonyl (C=O) groups is 3. The first-order chi connectivity index (χ1) is 18.3. The van der Waals surface area contributed by atoms with Crippen molar-refractivity contribution in [1.82, 2.24) is 10.3 Å². The summed E-state index contributed by atoms with van der Waals surface area (Å²) in [6.45, 7) is 0. The summed E-state index contributed by atoms with van der Waals surface area (Å²) in [6, 6.07) is 15.0. The number of fused-ring (bicyclic) bond motifs is 1. The lowest BCUT2D eigenvalue weighted by atomic mass is 10.0. The Hall–Kier alpha value is -4.70. The van der Waals surface area contributed by atoms with E-state index in [4.69, 9.17) is 21.1 Å². The summed E-state index contributed by atoms with van der Waals surface area (Å²) in [4.78, 5) is 41.3. The van der Waals surface area contributed by atoms with Gasteiger partial charge in [-0.1, -0.05) is 41.9 Å². The van der Waals surface area contributed by atoms with Crippen LogP contribution in [0.4, 0.5) is 16.2 Å². The summed E-state index contributed by atoms with van der Waals surface area (Å²) in [7, 11) is 2.81. The molecule has 0 aliphatic heterocycles. The van der Waals surface area contributed by atoms with E-state index in [0.29, 0.717) is 10.7 Å². The zero-order valence-electron chi connectivity index (χ0n) is 20.5. The summed E-state index contributed by atoms with van der Waals surface area (Å²) in [5.41, 5.74) is 2.00. The molecule has 0 unspecified atom stereocenters. The van der Waals surface area contributed by atoms with Gasteiger partial charge >= 0.3 is 12.0 Å². The predicted octanol–water partition coefficient (Wildman–Crippen LogP) is 4.91. The van der Waals surface area contributed by atoms with Gasteiger partial charge in [0.2, 0.25) is 0 Å². The van der Waals surface area contributed by atoms with Crippen molar-refractivity contribution in [1.29, 1.82) is 0 Å². The van der Waals surface area contributed by atoms with Crippen molar-refractivity contribution in [2.24, 2.45) is 0 Å². The molecule has 1 aromatic heterocycles. The van der Waals surface area contributed by atoms with Crippen LogP contribution in [-0.2, 0) is 11.2 Å². The Morgan fingerprint density at radius 3 is 2.32 bits per heavy atom. The monoisotopic (exact) mass is 536 g/mol. The van der Waals surface area contributed by atoms with Crippen molar-refractivity contribution < 1.29 is 29.0 Å². The van der Waals surface area contributed by atoms with E-state index in [0.717, 1.165) is 16.5 Å². The SMILES string of the molecule is COc1cc(NC(=O)Nc2ccccc2Cl)c(C(=O)N[C@@H](Cc2c[nH]c3ccccc23)C(=O)O)cc1OC. The lowest BCUT2D eigenvalue weighted by molar-refractivity contribution is -0.139. The fourth-order valence-corrected chi connectivity index (χ4v) is 4.15. The largest absolute Gasteiger partial charge is 0.493 e. The van der Waals surface area contributed by atoms with Crippen molar-refractivity contribution in [3.8, 4) is 11.5 Å². The molecule has 38 heavy (non-hydrogen) atoms. The number of para-hydroxylation sites is 2. The minimum atomic E-state index is -1.25. The third-order valence-electron chi connectivity index (χ3n) is 5.84. The van der Waals surface area contributed by atoms with Crippen LogP contribution in [0.15, 0.2) is 66.9 Å². The van der Waals surface area contributed by atoms with E-state index in [1.54, 1.807) is 30.5 Å². The number of benzene rings is 3. The van der Waals surface area contributed by atoms with Gasteiger partial charge in [-0.25, -0.2) is 9.59 Å². The van der Waals surface area contributed by atoms with E-state index < -0.39 is 23.9 Å². The van der Waals surface area contributed by atoms with Gasteiger partial charge in [0.1, 0.15) is 6.04 Å². The van der Waals surface area contributed by atoms with Crippen LogP contribution in [0, 0.1) is 0 Å². The molecule has 11 heteroatoms. The number of nitrogens with one attached hydrogen (secondary N) is 4. The van der Waals surface area contributed by atoms with Crippen LogP contribution in [-0.4, -0.2) is 48.3 Å². The molecular formula is C27H25ClN4O6. The average Bonchev–Trinajstić information content (AvgIpc) is 3.32. The van der Waals surface area contributed by atoms with E-state index in [-0.39, 0.29) is 29.2 Å². The maximum atomic E-state index is 13.4. The molecule has 10 nitrogen and oxygen atoms in total. The smallest absolute Gasteiger partial charge is 0.326 e. The first-order valence-electron chi connectivity index (χ1n) is 11.5. The predicted molar refractivity (Wildman–Crippen MR) is 145 cm³/mol. The van der Waals surface area contributed by atoms with Crippen LogP contribution in [0.2, 0.25) is 5.02 Å². The van der Waals surface area contributed by atoms with Crippen LogP contribution >= 0.6 is 11.6 Å². The van der Waals surface area contributed by atoms with Crippen LogP contribution in [0.25, 0.3) is 10.9 Å². The molecule has 0 fully saturated rings. The number of anilines is 2. The third kappa shape index (κ3) is 5.81. The molecule has 0 radical (unpaired) electrons. The van der Waals surface area contributed by atoms with Crippen molar-refractivity contribution in [3.63, 3.8) is 0 Å². The second kappa shape index (κ2) is 11.6. The van der Waals surface area contributed by atoms with E-state index in [9.17, 15) is 19.5 Å². The Bertz CT molecular complexity index is 1500. The van der Waals surface area contributed by atoms with Crippen molar-refractivity contribution >= 4 is 51.8 Å². The number of methoxy groups -OCH3 is 2. The molecule has 0 aliphatic carbocycles. The van der Waals surface area contributed by atoms with E-state index >= 15 is 0 Å². The summed E-state index contributed by atoms with van der Waals surface area (Å²) in [5.74, 6) is -1.47. The number of hydrogen-bond donors (Lipinski definition) is 5. The number of hydrogen-bond acceptors (Lipinski definition) is 5. The molecule has 3 aromatic carbocycles. The fourth-order valence-electron chi connectivity index (χ4n) is 3.97. The Labute approximate surface area is 222 Å². The van der Waals surface area contributed by atoms with E-state index in [1.807, 2.05) is 24.3 Å². The number of rotatable bonds is 9. The van der Waals surface area contributed by atoms with Gasteiger partial charge in [0.05, 0.1) is 36.2 Å². The highest BCUT2D eigenvalue weighted by atomic mass is 35.5. The van der Waals surface area contributed by atoms with Gasteiger partial charge in [0.15, 0.2) is 11.5 Å². The van der Waals surface area contributed by atoms with Gasteiger partial charge in [-0.2, -0.15) is 0 Å². The Morgan fingerprint density at radius 1 is 0.947 bits per heavy atom. The van der Waals surface area contributed by atoms with Crippen LogP contribution in [0.3, 0.4) is 0 Å². The van der Waals surface area contributed by atoms with E-state index in [2.05, 4.69) is 20.9 Å². The van der Waals surface area contributed by atoms with Crippen LogP contribution < -0.4 is 25.4 Å². The number of H-pyrrole nitrogens is 1. The molecule has 0 bridgehead atoms. The van der Waals surface area contributed by atoms with Crippen molar-refractivity contribution in [3.05, 3.63) is 83.0 Å². The molecule has 5 N–H and O–H groups in total. The molecule has 0 saturated heterocycles. The molecule has 3 amide bonds. The lowest BCUT2D eigenvalue weighted by Gasteiger charge is -2.18. The third-order valence-corrected chi connectivity index (χ3v) is 6.17. The molecular weight excluding hydrogens is 512 g/mol. The standard InChI is InChI=1S/C27H25ClN4O6/c1-37-23-12-17(21(13-24(23)38-2)32-27(36)31-20-10-6-4-8-18(20)28)25(33)30-22(26(34)35)11-15-14-29-19-9-5-3-7-16(15)19/h3-10,12-14,22,29H,11H2,1-2H3,(H,30,33)(H,34,35)(H2,31,32,36)/t22-/m0/s1. The second-order valence-electron chi connectivity index (χ2n) is 8.24. The quantitative estimate of drug-likeness (QED) is 0.206. The molecule has 0 saturated carbocycles. The zero-order valence-corrected chi connectivity index (χ0v) is 21.3. The number of urea groups is 1. The fraction of sp³-hybridized carbons (Fsp3) is 0.148. The highest BCUT2D eigenvalue weighted by Gasteiger charge is 2.26. The summed E-state index contributed by atoms with van der Waals surface area (Å²) < 4.78 is 10.6. The second-order valence-corrected chi connectivity index (χ2v) is 8.65. The summed E-state index contributed by atoms with van der Waals surface area (Å²) in [6.07, 6.45) is 1.75. The molecule has 0 aliphatic rings. The normalized spacial score (nSPS) is 11.4. The summed E-state index contributed by atoms with van der Waals surface area (Å²) >= 11 is 6.12. The highest BCUT2D eigenvalue weighted by Crippen LogP contribution is 2.34. The Balaban J connectivity index is 1.61. The number of aromatic nitrogens is 1. The molecule has 1 heterocycles. The molecule has 1 atom stereocenters. The Morgan fingerprint density at radius 2 is 1.61 bits per heavy atom. The van der Waals surface area contributed by atoms with Gasteiger partial charge in [-0.15, -0.1) is 0 Å². The minimum Gasteiger partial charge on any atom is -0.493 e. The van der Waals surface area contributed by atoms with E-state index in [1.165, 1.54) is 26.4 Å². The number of carbonyl (C=O) groups excluding carboxylic acids is 2. The highest BCUT2D eigenvalue weighted by molar-refractivity contribution is 6.33. The van der Waals surface area contributed by atoms with Crippen molar-refractivity contribution in [2.45, 2.75) is 12.5 Å². The topological polar surface area (TPSA) is 142 Å². The van der Waals surface area contributed by atoms with Gasteiger partial charge in [-0.3, -0.25) is 4.79 Å². The van der Waals surface area contributed by atoms with Gasteiger partial charge in [0, 0.05) is 29.6 Å². The van der Waals surface area contributed by atoms with Crippen LogP contribution in [0.1, 0.15) is 15.9 Å². The van der Waals surface area contributed by atoms with Crippen molar-refractivity contribution in [2.75, 3.05) is 24.9 Å². The number of ether oxygens (including phenoxy) is 2. The minimum absolute atomic E-state index is 0.0258. The molecule has 0 spiro atoms. The van der Waals surface area contributed by atoms with Crippen LogP contribution in [0.5, 0.6) is 11.5 Å². The molecule has 196 valence electrons. The number of amides is 3. The number of carboxylic acid groups (broad SMARTS) is 1. The number of halogens is 1. The van der Waals surface area contributed by atoms with Gasteiger partial charge in [-0.05, 0) is 29.8 Å². The maximum Gasteiger partial charge on any atom is 0.326 e. The first kappa shape index (κ1) is 26.4. The number of aliphatic carboxylic acids is 1. The average molecular weight is 537 g/mol. The first-order valence-corrected chi connectivity index (χ1v) is 11.9. The van der Waals surface area contributed by atoms with Gasteiger partial charge < -0.3 is 35.5 Å². The Kier molecular flexibility index (Phi) is 8.03.